The summed E-state index contributed by atoms with van der Waals surface area (Å²) in [6.45, 7) is 12.3. The van der Waals surface area contributed by atoms with Crippen LogP contribution in [0.3, 0.4) is 0 Å². The van der Waals surface area contributed by atoms with Gasteiger partial charge in [0.15, 0.2) is 6.10 Å². The molecule has 202 valence electrons. The summed E-state index contributed by atoms with van der Waals surface area (Å²) < 4.78 is 12.5. The number of carbonyl (C=O) groups is 1. The van der Waals surface area contributed by atoms with Crippen LogP contribution >= 0.6 is 0 Å². The molecule has 5 unspecified atom stereocenters. The molecule has 0 amide bonds. The molecular weight excluding hydrogens is 454 g/mol. The van der Waals surface area contributed by atoms with Crippen LogP contribution in [0.4, 0.5) is 0 Å². The summed E-state index contributed by atoms with van der Waals surface area (Å²) in [7, 11) is 0. The number of hydrogen-bond acceptors (Lipinski definition) is 6. The predicted molar refractivity (Wildman–Crippen MR) is 137 cm³/mol. The summed E-state index contributed by atoms with van der Waals surface area (Å²) in [5.74, 6) is 3.49. The van der Waals surface area contributed by atoms with Gasteiger partial charge in [0, 0.05) is 6.92 Å². The second kappa shape index (κ2) is 8.00. The molecule has 2 spiro atoms. The molecule has 1 saturated heterocycles. The Morgan fingerprint density at radius 1 is 1.06 bits per heavy atom. The van der Waals surface area contributed by atoms with E-state index in [1.54, 1.807) is 13.8 Å². The lowest BCUT2D eigenvalue weighted by molar-refractivity contribution is -0.208. The highest BCUT2D eigenvalue weighted by Gasteiger charge is 2.83. The largest absolute Gasteiger partial charge is 0.457 e. The van der Waals surface area contributed by atoms with E-state index in [-0.39, 0.29) is 29.6 Å². The zero-order chi connectivity index (χ0) is 25.8. The van der Waals surface area contributed by atoms with Crippen LogP contribution in [0.1, 0.15) is 99.3 Å². The van der Waals surface area contributed by atoms with E-state index in [0.29, 0.717) is 34.5 Å². The topological polar surface area (TPSA) is 85.2 Å². The lowest BCUT2D eigenvalue weighted by Crippen LogP contribution is -2.55. The molecule has 13 atom stereocenters. The Labute approximate surface area is 216 Å². The fraction of sp³-hybridized carbons (Fsp3) is 0.967. The van der Waals surface area contributed by atoms with E-state index in [0.717, 1.165) is 37.5 Å². The van der Waals surface area contributed by atoms with Gasteiger partial charge in [-0.05, 0) is 123 Å². The van der Waals surface area contributed by atoms with Gasteiger partial charge in [-0.2, -0.15) is 4.91 Å². The van der Waals surface area contributed by atoms with Crippen LogP contribution in [0.25, 0.3) is 0 Å². The minimum Gasteiger partial charge on any atom is -0.457 e. The minimum atomic E-state index is -1.15. The molecule has 0 aromatic heterocycles. The minimum absolute atomic E-state index is 0.0392. The monoisotopic (exact) mass is 501 g/mol. The van der Waals surface area contributed by atoms with Crippen molar-refractivity contribution in [3.63, 3.8) is 0 Å². The lowest BCUT2D eigenvalue weighted by Gasteiger charge is -2.56. The molecule has 6 fully saturated rings. The Kier molecular flexibility index (Phi) is 5.62. The van der Waals surface area contributed by atoms with E-state index < -0.39 is 11.7 Å². The van der Waals surface area contributed by atoms with Gasteiger partial charge in [-0.3, -0.25) is 4.79 Å². The van der Waals surface area contributed by atoms with Crippen molar-refractivity contribution in [3.8, 4) is 0 Å². The number of rotatable bonds is 4. The van der Waals surface area contributed by atoms with Gasteiger partial charge in [-0.1, -0.05) is 25.9 Å². The molecule has 6 rings (SSSR count). The molecule has 0 radical (unpaired) electrons. The third kappa shape index (κ3) is 3.12. The van der Waals surface area contributed by atoms with E-state index in [1.165, 1.54) is 39.0 Å². The summed E-state index contributed by atoms with van der Waals surface area (Å²) in [5, 5.41) is 14.3. The number of carbonyl (C=O) groups excluding carboxylic acids is 1. The fourth-order valence-electron chi connectivity index (χ4n) is 12.1. The summed E-state index contributed by atoms with van der Waals surface area (Å²) in [6.07, 6.45) is 9.54. The van der Waals surface area contributed by atoms with E-state index in [1.807, 2.05) is 0 Å². The second-order valence-corrected chi connectivity index (χ2v) is 14.7. The molecule has 1 heterocycles. The molecule has 0 bridgehead atoms. The molecule has 0 aromatic rings. The number of esters is 1. The number of ether oxygens (including phenoxy) is 2. The van der Waals surface area contributed by atoms with Crippen LogP contribution < -0.4 is 0 Å². The van der Waals surface area contributed by atoms with Crippen molar-refractivity contribution in [1.82, 2.24) is 0 Å². The van der Waals surface area contributed by atoms with Crippen molar-refractivity contribution in [2.24, 2.45) is 56.9 Å². The fourth-order valence-corrected chi connectivity index (χ4v) is 12.1. The van der Waals surface area contributed by atoms with Crippen molar-refractivity contribution in [2.45, 2.75) is 129 Å². The average Bonchev–Trinajstić information content (AvgIpc) is 3.17. The summed E-state index contributed by atoms with van der Waals surface area (Å²) in [6, 6.07) is 0.0392. The van der Waals surface area contributed by atoms with Gasteiger partial charge in [0.1, 0.15) is 0 Å². The Bertz CT molecular complexity index is 931. The van der Waals surface area contributed by atoms with Crippen LogP contribution in [0.15, 0.2) is 5.18 Å². The third-order valence-electron chi connectivity index (χ3n) is 13.1. The Balaban J connectivity index is 1.27. The normalized spacial score (nSPS) is 54.1. The van der Waals surface area contributed by atoms with Crippen molar-refractivity contribution >= 4 is 5.97 Å². The zero-order valence-corrected chi connectivity index (χ0v) is 23.2. The van der Waals surface area contributed by atoms with Gasteiger partial charge < -0.3 is 14.6 Å². The number of hydrogen-bond donors (Lipinski definition) is 1. The highest BCUT2D eigenvalue weighted by molar-refractivity contribution is 5.66. The number of fused-ring (bicyclic) bond motifs is 4. The van der Waals surface area contributed by atoms with Crippen molar-refractivity contribution in [3.05, 3.63) is 4.91 Å². The molecule has 5 aliphatic carbocycles. The number of nitroso groups, excluding NO2 is 1. The van der Waals surface area contributed by atoms with E-state index in [2.05, 4.69) is 25.9 Å². The van der Waals surface area contributed by atoms with Crippen LogP contribution in [0.2, 0.25) is 0 Å². The van der Waals surface area contributed by atoms with E-state index in [9.17, 15) is 14.8 Å². The molecule has 36 heavy (non-hydrogen) atoms. The van der Waals surface area contributed by atoms with Gasteiger partial charge in [-0.25, -0.2) is 0 Å². The standard InChI is InChI=1S/C30H47NO5/c1-16-13-24(26(27(4,5)33)35-18(3)32)36-23-15-22-21-8-7-19-14-20(31-34)9-10-29(19)17(2)30(21,29)12-11-28(22,6)25(16)23/h16-17,19-26,33H,7-15H2,1-6H3/t16?,17-,19?,20+,21+,22?,23+,24-,25?,26-,28+,29?,30+/m1/s1. The van der Waals surface area contributed by atoms with Gasteiger partial charge in [0.2, 0.25) is 0 Å². The summed E-state index contributed by atoms with van der Waals surface area (Å²) in [5.41, 5.74) is 0.0418. The highest BCUT2D eigenvalue weighted by atomic mass is 16.6. The van der Waals surface area contributed by atoms with Gasteiger partial charge in [0.25, 0.3) is 0 Å². The van der Waals surface area contributed by atoms with E-state index in [4.69, 9.17) is 9.47 Å². The molecule has 1 N–H and O–H groups in total. The molecule has 6 aliphatic rings. The molecular formula is C30H47NO5. The second-order valence-electron chi connectivity index (χ2n) is 14.7. The Hall–Kier alpha value is -1.01. The van der Waals surface area contributed by atoms with Crippen LogP contribution in [0.5, 0.6) is 0 Å². The number of aliphatic hydroxyl groups is 1. The first-order valence-electron chi connectivity index (χ1n) is 14.8. The first-order valence-corrected chi connectivity index (χ1v) is 14.8. The van der Waals surface area contributed by atoms with Gasteiger partial charge in [0.05, 0.1) is 23.9 Å². The lowest BCUT2D eigenvalue weighted by atomic mass is 9.48. The van der Waals surface area contributed by atoms with Crippen LogP contribution in [-0.2, 0) is 14.3 Å². The molecule has 0 aromatic carbocycles. The molecule has 1 aliphatic heterocycles. The Morgan fingerprint density at radius 3 is 2.47 bits per heavy atom. The predicted octanol–water partition coefficient (Wildman–Crippen LogP) is 5.89. The smallest absolute Gasteiger partial charge is 0.303 e. The molecule has 6 nitrogen and oxygen atoms in total. The molecule has 5 saturated carbocycles. The maximum absolute atomic E-state index is 11.9. The highest BCUT2D eigenvalue weighted by Crippen LogP contribution is 2.88. The zero-order valence-electron chi connectivity index (χ0n) is 23.2. The first-order chi connectivity index (χ1) is 16.9. The van der Waals surface area contributed by atoms with Crippen molar-refractivity contribution < 1.29 is 19.4 Å². The van der Waals surface area contributed by atoms with Gasteiger partial charge >= 0.3 is 5.97 Å². The summed E-state index contributed by atoms with van der Waals surface area (Å²) in [4.78, 5) is 23.2. The Morgan fingerprint density at radius 2 is 1.81 bits per heavy atom. The SMILES string of the molecule is CC(=O)O[C@H]([C@H]1CC(C)C2[C@H](CC3[C@@H]4CCC5C[C@@H](N=O)CCC56[C@@H](C)[C@@]46CC[C@]23C)O1)C(C)(C)O. The quantitative estimate of drug-likeness (QED) is 0.384. The average molecular weight is 502 g/mol. The molecule has 6 heteroatoms. The first kappa shape index (κ1) is 25.3. The third-order valence-corrected chi connectivity index (χ3v) is 13.1. The number of nitrogens with zero attached hydrogens (tertiary/aromatic N) is 1. The van der Waals surface area contributed by atoms with E-state index >= 15 is 0 Å². The maximum atomic E-state index is 11.9. The van der Waals surface area contributed by atoms with Gasteiger partial charge in [-0.15, -0.1) is 0 Å². The summed E-state index contributed by atoms with van der Waals surface area (Å²) >= 11 is 0. The maximum Gasteiger partial charge on any atom is 0.303 e. The van der Waals surface area contributed by atoms with Crippen LogP contribution in [-0.4, -0.2) is 41.0 Å². The van der Waals surface area contributed by atoms with Crippen molar-refractivity contribution in [2.75, 3.05) is 0 Å². The van der Waals surface area contributed by atoms with Crippen LogP contribution in [0, 0.1) is 56.7 Å². The van der Waals surface area contributed by atoms with Crippen molar-refractivity contribution in [1.29, 1.82) is 0 Å².